The van der Waals surface area contributed by atoms with Gasteiger partial charge in [-0.25, -0.2) is 0 Å². The van der Waals surface area contributed by atoms with Crippen molar-refractivity contribution < 1.29 is 14.3 Å². The molecule has 0 spiro atoms. The van der Waals surface area contributed by atoms with Gasteiger partial charge in [-0.1, -0.05) is 54.6 Å². The molecule has 1 amide bonds. The molecule has 5 nitrogen and oxygen atoms in total. The molecule has 2 heterocycles. The van der Waals surface area contributed by atoms with E-state index in [1.165, 1.54) is 16.3 Å². The second-order valence-electron chi connectivity index (χ2n) is 7.60. The minimum atomic E-state index is -0.561. The van der Waals surface area contributed by atoms with Crippen molar-refractivity contribution in [2.45, 2.75) is 12.6 Å². The van der Waals surface area contributed by atoms with Crippen molar-refractivity contribution in [3.63, 3.8) is 0 Å². The number of nitrogens with zero attached hydrogens (tertiary/aromatic N) is 2. The van der Waals surface area contributed by atoms with Crippen LogP contribution in [-0.2, 0) is 11.3 Å². The lowest BCUT2D eigenvalue weighted by Gasteiger charge is -2.37. The van der Waals surface area contributed by atoms with Crippen LogP contribution in [0.4, 0.5) is 0 Å². The summed E-state index contributed by atoms with van der Waals surface area (Å²) in [5.41, 5.74) is 1.34. The van der Waals surface area contributed by atoms with Gasteiger partial charge in [-0.2, -0.15) is 0 Å². The van der Waals surface area contributed by atoms with Gasteiger partial charge in [0.05, 0.1) is 0 Å². The number of ether oxygens (including phenoxy) is 2. The lowest BCUT2D eigenvalue weighted by atomic mass is 10.0. The number of para-hydroxylation sites is 2. The number of benzene rings is 3. The van der Waals surface area contributed by atoms with Crippen molar-refractivity contribution in [3.8, 4) is 11.5 Å². The van der Waals surface area contributed by atoms with Crippen LogP contribution >= 0.6 is 0 Å². The van der Waals surface area contributed by atoms with Gasteiger partial charge in [0.2, 0.25) is 6.10 Å². The average Bonchev–Trinajstić information content (AvgIpc) is 2.79. The Kier molecular flexibility index (Phi) is 4.82. The zero-order chi connectivity index (χ0) is 19.6. The first-order valence-corrected chi connectivity index (χ1v) is 10.1. The van der Waals surface area contributed by atoms with Gasteiger partial charge in [-0.15, -0.1) is 0 Å². The van der Waals surface area contributed by atoms with E-state index in [1.54, 1.807) is 0 Å². The van der Waals surface area contributed by atoms with Crippen LogP contribution in [0.25, 0.3) is 10.8 Å². The molecule has 0 N–H and O–H groups in total. The molecule has 29 heavy (non-hydrogen) atoms. The smallest absolute Gasteiger partial charge is 0.267 e. The summed E-state index contributed by atoms with van der Waals surface area (Å²) in [5.74, 6) is 1.37. The summed E-state index contributed by atoms with van der Waals surface area (Å²) in [6, 6.07) is 22.5. The van der Waals surface area contributed by atoms with E-state index in [9.17, 15) is 4.79 Å². The van der Waals surface area contributed by atoms with Crippen molar-refractivity contribution in [2.75, 3.05) is 32.8 Å². The molecule has 3 aromatic rings. The van der Waals surface area contributed by atoms with E-state index in [1.807, 2.05) is 29.2 Å². The monoisotopic (exact) mass is 388 g/mol. The maximum atomic E-state index is 12.9. The van der Waals surface area contributed by atoms with E-state index in [-0.39, 0.29) is 12.5 Å². The largest absolute Gasteiger partial charge is 0.485 e. The zero-order valence-electron chi connectivity index (χ0n) is 16.3. The third-order valence-electron chi connectivity index (χ3n) is 5.74. The molecule has 148 valence electrons. The second kappa shape index (κ2) is 7.76. The van der Waals surface area contributed by atoms with Crippen LogP contribution in [0, 0.1) is 0 Å². The quantitative estimate of drug-likeness (QED) is 0.690. The highest BCUT2D eigenvalue weighted by atomic mass is 16.6. The van der Waals surface area contributed by atoms with E-state index in [0.717, 1.165) is 19.6 Å². The third-order valence-corrected chi connectivity index (χ3v) is 5.74. The summed E-state index contributed by atoms with van der Waals surface area (Å²) in [6.45, 7) is 4.32. The van der Waals surface area contributed by atoms with Crippen molar-refractivity contribution in [1.29, 1.82) is 0 Å². The van der Waals surface area contributed by atoms with Gasteiger partial charge < -0.3 is 14.4 Å². The van der Waals surface area contributed by atoms with Gasteiger partial charge in [0.15, 0.2) is 11.5 Å². The topological polar surface area (TPSA) is 42.0 Å². The molecule has 2 aliphatic heterocycles. The molecule has 1 fully saturated rings. The molecule has 1 atom stereocenters. The van der Waals surface area contributed by atoms with E-state index >= 15 is 0 Å². The number of hydrogen-bond donors (Lipinski definition) is 0. The lowest BCUT2D eigenvalue weighted by molar-refractivity contribution is -0.143. The molecule has 0 radical (unpaired) electrons. The van der Waals surface area contributed by atoms with Gasteiger partial charge in [0.25, 0.3) is 5.91 Å². The summed E-state index contributed by atoms with van der Waals surface area (Å²) in [6.07, 6.45) is -0.561. The Morgan fingerprint density at radius 1 is 0.862 bits per heavy atom. The van der Waals surface area contributed by atoms with E-state index < -0.39 is 6.10 Å². The Morgan fingerprint density at radius 2 is 1.59 bits per heavy atom. The minimum absolute atomic E-state index is 0.0179. The average molecular weight is 388 g/mol. The third kappa shape index (κ3) is 3.66. The Labute approximate surface area is 170 Å². The molecule has 0 aliphatic carbocycles. The van der Waals surface area contributed by atoms with Crippen molar-refractivity contribution >= 4 is 16.7 Å². The van der Waals surface area contributed by atoms with Crippen molar-refractivity contribution in [2.24, 2.45) is 0 Å². The molecule has 1 saturated heterocycles. The molecule has 5 heteroatoms. The molecule has 0 bridgehead atoms. The molecule has 0 saturated carbocycles. The number of amides is 1. The molecular formula is C24H24N2O3. The fourth-order valence-electron chi connectivity index (χ4n) is 4.14. The first-order chi connectivity index (χ1) is 14.3. The Bertz CT molecular complexity index is 1020. The van der Waals surface area contributed by atoms with Crippen LogP contribution in [-0.4, -0.2) is 54.6 Å². The first-order valence-electron chi connectivity index (χ1n) is 10.1. The normalized spacial score (nSPS) is 19.3. The first kappa shape index (κ1) is 18.0. The van der Waals surface area contributed by atoms with E-state index in [4.69, 9.17) is 9.47 Å². The Hall–Kier alpha value is -3.05. The fourth-order valence-corrected chi connectivity index (χ4v) is 4.14. The fraction of sp³-hybridized carbons (Fsp3) is 0.292. The Morgan fingerprint density at radius 3 is 2.45 bits per heavy atom. The number of rotatable bonds is 3. The van der Waals surface area contributed by atoms with Crippen LogP contribution in [0.3, 0.4) is 0 Å². The maximum Gasteiger partial charge on any atom is 0.267 e. The number of carbonyl (C=O) groups excluding carboxylic acids is 1. The van der Waals surface area contributed by atoms with Crippen LogP contribution in [0.15, 0.2) is 66.7 Å². The van der Waals surface area contributed by atoms with Crippen LogP contribution in [0.5, 0.6) is 11.5 Å². The molecular weight excluding hydrogens is 364 g/mol. The van der Waals surface area contributed by atoms with Crippen molar-refractivity contribution in [3.05, 3.63) is 72.3 Å². The highest BCUT2D eigenvalue weighted by molar-refractivity contribution is 5.85. The molecule has 5 rings (SSSR count). The van der Waals surface area contributed by atoms with Crippen LogP contribution in [0.2, 0.25) is 0 Å². The van der Waals surface area contributed by atoms with Crippen LogP contribution in [0.1, 0.15) is 5.56 Å². The number of carbonyl (C=O) groups is 1. The van der Waals surface area contributed by atoms with Crippen molar-refractivity contribution in [1.82, 2.24) is 9.80 Å². The highest BCUT2D eigenvalue weighted by Gasteiger charge is 2.32. The van der Waals surface area contributed by atoms with Gasteiger partial charge in [0.1, 0.15) is 6.61 Å². The van der Waals surface area contributed by atoms with Gasteiger partial charge >= 0.3 is 0 Å². The summed E-state index contributed by atoms with van der Waals surface area (Å²) in [5, 5.41) is 2.58. The van der Waals surface area contributed by atoms with Gasteiger partial charge in [-0.3, -0.25) is 9.69 Å². The predicted molar refractivity (Wildman–Crippen MR) is 112 cm³/mol. The molecule has 3 aromatic carbocycles. The minimum Gasteiger partial charge on any atom is -0.485 e. The standard InChI is InChI=1S/C24H24N2O3/c27-24(23-17-28-21-10-3-4-11-22(21)29-23)26-14-12-25(13-15-26)16-19-8-5-7-18-6-1-2-9-20(18)19/h1-11,23H,12-17H2/t23-/m1/s1. The van der Waals surface area contributed by atoms with E-state index in [0.29, 0.717) is 24.6 Å². The highest BCUT2D eigenvalue weighted by Crippen LogP contribution is 2.31. The lowest BCUT2D eigenvalue weighted by Crippen LogP contribution is -2.53. The van der Waals surface area contributed by atoms with Gasteiger partial charge in [0, 0.05) is 32.7 Å². The zero-order valence-corrected chi connectivity index (χ0v) is 16.3. The molecule has 0 aromatic heterocycles. The summed E-state index contributed by atoms with van der Waals surface area (Å²) in [7, 11) is 0. The summed E-state index contributed by atoms with van der Waals surface area (Å²) >= 11 is 0. The number of fused-ring (bicyclic) bond motifs is 2. The SMILES string of the molecule is O=C([C@H]1COc2ccccc2O1)N1CCN(Cc2cccc3ccccc23)CC1. The number of hydrogen-bond acceptors (Lipinski definition) is 4. The maximum absolute atomic E-state index is 12.9. The number of piperazine rings is 1. The van der Waals surface area contributed by atoms with Crippen LogP contribution < -0.4 is 9.47 Å². The van der Waals surface area contributed by atoms with E-state index in [2.05, 4.69) is 47.4 Å². The molecule has 2 aliphatic rings. The summed E-state index contributed by atoms with van der Waals surface area (Å²) < 4.78 is 11.6. The van der Waals surface area contributed by atoms with Gasteiger partial charge in [-0.05, 0) is 28.5 Å². The molecule has 0 unspecified atom stereocenters. The predicted octanol–water partition coefficient (Wildman–Crippen LogP) is 3.32. The second-order valence-corrected chi connectivity index (χ2v) is 7.60. The summed E-state index contributed by atoms with van der Waals surface area (Å²) in [4.78, 5) is 17.2. The Balaban J connectivity index is 1.20.